The second-order valence-corrected chi connectivity index (χ2v) is 5.61. The van der Waals surface area contributed by atoms with E-state index in [4.69, 9.17) is 4.42 Å². The maximum absolute atomic E-state index is 13.1. The van der Waals surface area contributed by atoms with Gasteiger partial charge < -0.3 is 9.15 Å². The highest BCUT2D eigenvalue weighted by Gasteiger charge is 2.33. The van der Waals surface area contributed by atoms with Gasteiger partial charge in [-0.15, -0.1) is 0 Å². The molecular formula is C17H8F5N3O3. The van der Waals surface area contributed by atoms with Crippen molar-refractivity contribution in [1.29, 1.82) is 0 Å². The molecule has 144 valence electrons. The lowest BCUT2D eigenvalue weighted by Gasteiger charge is -2.13. The Labute approximate surface area is 151 Å². The Morgan fingerprint density at radius 3 is 2.43 bits per heavy atom. The normalized spacial score (nSPS) is 12.2. The van der Waals surface area contributed by atoms with Gasteiger partial charge in [0.25, 0.3) is 5.56 Å². The fourth-order valence-corrected chi connectivity index (χ4v) is 2.76. The third-order valence-electron chi connectivity index (χ3n) is 3.92. The lowest BCUT2D eigenvalue weighted by atomic mass is 10.2. The number of pyridine rings is 2. The highest BCUT2D eigenvalue weighted by Crippen LogP contribution is 2.31. The summed E-state index contributed by atoms with van der Waals surface area (Å²) in [6.45, 7) is -3.04. The first-order valence-corrected chi connectivity index (χ1v) is 7.67. The van der Waals surface area contributed by atoms with Crippen molar-refractivity contribution >= 4 is 22.1 Å². The molecular weight excluding hydrogens is 389 g/mol. The van der Waals surface area contributed by atoms with Crippen LogP contribution in [0.3, 0.4) is 0 Å². The number of hydrogen-bond acceptors (Lipinski definition) is 5. The van der Waals surface area contributed by atoms with Gasteiger partial charge in [0, 0.05) is 0 Å². The van der Waals surface area contributed by atoms with Crippen LogP contribution in [0.5, 0.6) is 5.75 Å². The molecule has 0 bridgehead atoms. The molecule has 0 aliphatic rings. The molecule has 28 heavy (non-hydrogen) atoms. The van der Waals surface area contributed by atoms with Crippen LogP contribution >= 0.6 is 0 Å². The van der Waals surface area contributed by atoms with E-state index in [1.807, 2.05) is 0 Å². The fourth-order valence-electron chi connectivity index (χ4n) is 2.76. The van der Waals surface area contributed by atoms with Gasteiger partial charge in [0.15, 0.2) is 23.1 Å². The van der Waals surface area contributed by atoms with Crippen LogP contribution in [0.1, 0.15) is 5.69 Å². The van der Waals surface area contributed by atoms with Gasteiger partial charge in [0.05, 0.1) is 11.1 Å². The summed E-state index contributed by atoms with van der Waals surface area (Å²) < 4.78 is 74.2. The van der Waals surface area contributed by atoms with E-state index >= 15 is 0 Å². The molecule has 11 heteroatoms. The quantitative estimate of drug-likeness (QED) is 0.486. The monoisotopic (exact) mass is 397 g/mol. The van der Waals surface area contributed by atoms with Crippen molar-refractivity contribution in [3.63, 3.8) is 0 Å². The predicted molar refractivity (Wildman–Crippen MR) is 86.5 cm³/mol. The molecule has 0 atom stereocenters. The summed E-state index contributed by atoms with van der Waals surface area (Å²) >= 11 is 0. The Balaban J connectivity index is 2.02. The van der Waals surface area contributed by atoms with Gasteiger partial charge in [-0.3, -0.25) is 9.36 Å². The molecule has 6 nitrogen and oxygen atoms in total. The van der Waals surface area contributed by atoms with Crippen molar-refractivity contribution < 1.29 is 31.1 Å². The second-order valence-electron chi connectivity index (χ2n) is 5.61. The summed E-state index contributed by atoms with van der Waals surface area (Å²) in [6.07, 6.45) is -3.74. The largest absolute Gasteiger partial charge is 0.442 e. The minimum absolute atomic E-state index is 0.00451. The highest BCUT2D eigenvalue weighted by molar-refractivity contribution is 5.99. The van der Waals surface area contributed by atoms with Gasteiger partial charge in [0.2, 0.25) is 0 Å². The second kappa shape index (κ2) is 6.29. The third-order valence-corrected chi connectivity index (χ3v) is 3.92. The number of rotatable bonds is 3. The average Bonchev–Trinajstić information content (AvgIpc) is 3.12. The van der Waals surface area contributed by atoms with Gasteiger partial charge in [-0.25, -0.2) is 9.97 Å². The van der Waals surface area contributed by atoms with Crippen molar-refractivity contribution in [1.82, 2.24) is 14.5 Å². The SMILES string of the molecule is O=c1c2ncoc2c2ccc(C(F)(F)F)nc2n1-c1ccc(OC(F)F)cc1. The van der Waals surface area contributed by atoms with E-state index in [1.165, 1.54) is 12.1 Å². The van der Waals surface area contributed by atoms with E-state index in [0.29, 0.717) is 0 Å². The average molecular weight is 397 g/mol. The zero-order chi connectivity index (χ0) is 20.1. The Hall–Kier alpha value is -3.50. The van der Waals surface area contributed by atoms with Crippen LogP contribution in [-0.4, -0.2) is 21.1 Å². The standard InChI is InChI=1S/C17H8F5N3O3/c18-16(19)28-9-3-1-8(2-4-9)25-14-10(5-6-11(24-14)17(20,21)22)13-12(15(25)26)23-7-27-13/h1-7,16H. The summed E-state index contributed by atoms with van der Waals surface area (Å²) in [7, 11) is 0. The predicted octanol–water partition coefficient (Wildman–Crippen LogP) is 4.15. The van der Waals surface area contributed by atoms with Gasteiger partial charge >= 0.3 is 12.8 Å². The summed E-state index contributed by atoms with van der Waals surface area (Å²) in [5.41, 5.74) is -2.31. The summed E-state index contributed by atoms with van der Waals surface area (Å²) in [6, 6.07) is 6.68. The first-order chi connectivity index (χ1) is 13.3. The minimum Gasteiger partial charge on any atom is -0.442 e. The maximum Gasteiger partial charge on any atom is 0.433 e. The Bertz CT molecular complexity index is 1230. The molecule has 4 aromatic rings. The zero-order valence-electron chi connectivity index (χ0n) is 13.6. The summed E-state index contributed by atoms with van der Waals surface area (Å²) in [5, 5.41) is 0.132. The maximum atomic E-state index is 13.1. The molecule has 0 saturated carbocycles. The molecule has 3 aromatic heterocycles. The van der Waals surface area contributed by atoms with Crippen molar-refractivity contribution in [2.75, 3.05) is 0 Å². The number of aromatic nitrogens is 3. The van der Waals surface area contributed by atoms with Crippen LogP contribution in [0.2, 0.25) is 0 Å². The molecule has 1 aromatic carbocycles. The molecule has 0 spiro atoms. The lowest BCUT2D eigenvalue weighted by molar-refractivity contribution is -0.141. The molecule has 0 amide bonds. The fraction of sp³-hybridized carbons (Fsp3) is 0.118. The molecule has 0 saturated heterocycles. The summed E-state index contributed by atoms with van der Waals surface area (Å²) in [4.78, 5) is 20.2. The van der Waals surface area contributed by atoms with Crippen LogP contribution in [0, 0.1) is 0 Å². The van der Waals surface area contributed by atoms with Crippen molar-refractivity contribution in [2.24, 2.45) is 0 Å². The van der Waals surface area contributed by atoms with Crippen molar-refractivity contribution in [2.45, 2.75) is 12.8 Å². The van der Waals surface area contributed by atoms with Gasteiger partial charge in [-0.1, -0.05) is 0 Å². The highest BCUT2D eigenvalue weighted by atomic mass is 19.4. The van der Waals surface area contributed by atoms with Gasteiger partial charge in [0.1, 0.15) is 11.4 Å². The van der Waals surface area contributed by atoms with Crippen LogP contribution in [0.4, 0.5) is 22.0 Å². The lowest BCUT2D eigenvalue weighted by Crippen LogP contribution is -2.21. The molecule has 0 radical (unpaired) electrons. The van der Waals surface area contributed by atoms with Gasteiger partial charge in [-0.05, 0) is 36.4 Å². The van der Waals surface area contributed by atoms with Crippen LogP contribution in [-0.2, 0) is 6.18 Å². The number of oxazole rings is 1. The Morgan fingerprint density at radius 1 is 1.07 bits per heavy atom. The molecule has 0 aliphatic heterocycles. The van der Waals surface area contributed by atoms with Crippen molar-refractivity contribution in [3.8, 4) is 11.4 Å². The topological polar surface area (TPSA) is 70.2 Å². The number of nitrogens with zero attached hydrogens (tertiary/aromatic N) is 3. The Kier molecular flexibility index (Phi) is 4.02. The molecule has 0 unspecified atom stereocenters. The van der Waals surface area contributed by atoms with Crippen LogP contribution in [0.15, 0.2) is 52.0 Å². The molecule has 3 heterocycles. The molecule has 0 aliphatic carbocycles. The molecule has 4 rings (SSSR count). The van der Waals surface area contributed by atoms with Crippen LogP contribution in [0.25, 0.3) is 27.8 Å². The van der Waals surface area contributed by atoms with E-state index in [1.54, 1.807) is 0 Å². The zero-order valence-corrected chi connectivity index (χ0v) is 13.6. The number of benzene rings is 1. The first kappa shape index (κ1) is 17.9. The van der Waals surface area contributed by atoms with E-state index in [9.17, 15) is 26.7 Å². The number of ether oxygens (including phenoxy) is 1. The van der Waals surface area contributed by atoms with E-state index in [-0.39, 0.29) is 33.6 Å². The minimum atomic E-state index is -4.74. The van der Waals surface area contributed by atoms with Crippen molar-refractivity contribution in [3.05, 3.63) is 58.8 Å². The van der Waals surface area contributed by atoms with E-state index < -0.39 is 24.0 Å². The summed E-state index contributed by atoms with van der Waals surface area (Å²) in [5.74, 6) is -0.178. The van der Waals surface area contributed by atoms with Crippen LogP contribution < -0.4 is 10.3 Å². The number of halogens is 5. The molecule has 0 fully saturated rings. The third kappa shape index (κ3) is 2.94. The first-order valence-electron chi connectivity index (χ1n) is 7.67. The Morgan fingerprint density at radius 2 is 1.79 bits per heavy atom. The van der Waals surface area contributed by atoms with E-state index in [2.05, 4.69) is 14.7 Å². The number of alkyl halides is 5. The van der Waals surface area contributed by atoms with E-state index in [0.717, 1.165) is 35.2 Å². The number of hydrogen-bond donors (Lipinski definition) is 0. The smallest absolute Gasteiger partial charge is 0.433 e. The van der Waals surface area contributed by atoms with Gasteiger partial charge in [-0.2, -0.15) is 22.0 Å². The number of fused-ring (bicyclic) bond motifs is 3. The molecule has 0 N–H and O–H groups in total.